The molecule has 1 aromatic rings. The highest BCUT2D eigenvalue weighted by molar-refractivity contribution is 5.92. The van der Waals surface area contributed by atoms with E-state index in [4.69, 9.17) is 19.6 Å². The number of benzene rings is 1. The van der Waals surface area contributed by atoms with E-state index in [0.717, 1.165) is 38.1 Å². The maximum Gasteiger partial charge on any atom is 0.410 e. The first-order chi connectivity index (χ1) is 13.7. The Morgan fingerprint density at radius 2 is 1.93 bits per heavy atom. The van der Waals surface area contributed by atoms with Gasteiger partial charge in [-0.3, -0.25) is 5.41 Å². The predicted molar refractivity (Wildman–Crippen MR) is 112 cm³/mol. The Hall–Kier alpha value is -2.50. The molecule has 0 aromatic heterocycles. The molecule has 1 heterocycles. The number of amides is 1. The molecule has 6 heteroatoms. The molecule has 3 atom stereocenters. The molecule has 0 spiro atoms. The second-order valence-corrected chi connectivity index (χ2v) is 8.87. The van der Waals surface area contributed by atoms with Crippen molar-refractivity contribution in [1.29, 1.82) is 5.41 Å². The summed E-state index contributed by atoms with van der Waals surface area (Å²) in [6, 6.07) is 7.49. The van der Waals surface area contributed by atoms with Crippen molar-refractivity contribution in [3.05, 3.63) is 42.2 Å². The van der Waals surface area contributed by atoms with E-state index in [2.05, 4.69) is 0 Å². The third-order valence-corrected chi connectivity index (χ3v) is 5.28. The smallest absolute Gasteiger partial charge is 0.410 e. The molecule has 1 unspecified atom stereocenters. The van der Waals surface area contributed by atoms with Crippen LogP contribution in [0.1, 0.15) is 52.5 Å². The van der Waals surface area contributed by atoms with Crippen LogP contribution in [0.25, 0.3) is 0 Å². The zero-order valence-electron chi connectivity index (χ0n) is 17.8. The number of nitrogens with zero attached hydrogens (tertiary/aromatic N) is 1. The number of fused-ring (bicyclic) bond motifs is 1. The number of ether oxygens (including phenoxy) is 3. The molecule has 2 aliphatic rings. The van der Waals surface area contributed by atoms with Crippen LogP contribution in [0.15, 0.2) is 36.6 Å². The van der Waals surface area contributed by atoms with E-state index in [0.29, 0.717) is 17.4 Å². The number of likely N-dealkylation sites (tertiary alicyclic amines) is 1. The van der Waals surface area contributed by atoms with Crippen LogP contribution in [0.3, 0.4) is 0 Å². The number of carbonyl (C=O) groups is 1. The van der Waals surface area contributed by atoms with Gasteiger partial charge in [-0.15, -0.1) is 0 Å². The van der Waals surface area contributed by atoms with Crippen molar-refractivity contribution < 1.29 is 19.0 Å². The van der Waals surface area contributed by atoms with Gasteiger partial charge in [0, 0.05) is 18.7 Å². The van der Waals surface area contributed by atoms with E-state index >= 15 is 0 Å². The lowest BCUT2D eigenvalue weighted by Gasteiger charge is -2.25. The van der Waals surface area contributed by atoms with Crippen molar-refractivity contribution >= 4 is 12.0 Å². The van der Waals surface area contributed by atoms with Gasteiger partial charge in [-0.1, -0.05) is 13.0 Å². The molecule has 6 nitrogen and oxygen atoms in total. The van der Waals surface area contributed by atoms with Gasteiger partial charge in [0.2, 0.25) is 5.90 Å². The number of rotatable bonds is 5. The summed E-state index contributed by atoms with van der Waals surface area (Å²) in [5, 5.41) is 8.04. The molecule has 1 amide bonds. The van der Waals surface area contributed by atoms with Crippen molar-refractivity contribution in [2.24, 2.45) is 11.8 Å². The predicted octanol–water partition coefficient (Wildman–Crippen LogP) is 4.98. The number of hydrogen-bond acceptors (Lipinski definition) is 5. The largest absolute Gasteiger partial charge is 0.490 e. The number of allylic oxidation sites excluding steroid dienone is 1. The van der Waals surface area contributed by atoms with Crippen LogP contribution in [0.4, 0.5) is 4.79 Å². The SMILES string of the molecule is CC/C=C\OC(=N)c1cccc(OC2C[C@@H]3CN(C(=O)OC(C)(C)C)C[C@@H]3C2)c1. The van der Waals surface area contributed by atoms with Crippen molar-refractivity contribution in [2.75, 3.05) is 13.1 Å². The van der Waals surface area contributed by atoms with E-state index in [1.165, 1.54) is 0 Å². The number of hydrogen-bond donors (Lipinski definition) is 1. The molecule has 2 fully saturated rings. The molecule has 3 rings (SSSR count). The fraction of sp³-hybridized carbons (Fsp3) is 0.565. The second-order valence-electron chi connectivity index (χ2n) is 8.87. The first kappa shape index (κ1) is 21.2. The van der Waals surface area contributed by atoms with Gasteiger partial charge in [-0.2, -0.15) is 0 Å². The molecule has 158 valence electrons. The first-order valence-electron chi connectivity index (χ1n) is 10.4. The van der Waals surface area contributed by atoms with Crippen LogP contribution in [-0.4, -0.2) is 41.7 Å². The lowest BCUT2D eigenvalue weighted by Crippen LogP contribution is -2.36. The number of nitrogens with one attached hydrogen (secondary N) is 1. The van der Waals surface area contributed by atoms with Crippen molar-refractivity contribution in [3.63, 3.8) is 0 Å². The first-order valence-corrected chi connectivity index (χ1v) is 10.4. The third kappa shape index (κ3) is 5.75. The van der Waals surface area contributed by atoms with Gasteiger partial charge in [-0.05, 0) is 76.1 Å². The molecule has 1 aliphatic carbocycles. The summed E-state index contributed by atoms with van der Waals surface area (Å²) in [7, 11) is 0. The lowest BCUT2D eigenvalue weighted by molar-refractivity contribution is 0.0272. The van der Waals surface area contributed by atoms with Crippen LogP contribution in [0.2, 0.25) is 0 Å². The van der Waals surface area contributed by atoms with Crippen LogP contribution in [0, 0.1) is 17.2 Å². The summed E-state index contributed by atoms with van der Waals surface area (Å²) in [4.78, 5) is 14.1. The molecule has 0 bridgehead atoms. The Morgan fingerprint density at radius 1 is 1.24 bits per heavy atom. The fourth-order valence-corrected chi connectivity index (χ4v) is 4.00. The highest BCUT2D eigenvalue weighted by Crippen LogP contribution is 2.40. The van der Waals surface area contributed by atoms with E-state index < -0.39 is 5.60 Å². The Bertz CT molecular complexity index is 754. The summed E-state index contributed by atoms with van der Waals surface area (Å²) < 4.78 is 17.0. The van der Waals surface area contributed by atoms with E-state index in [1.54, 1.807) is 6.26 Å². The summed E-state index contributed by atoms with van der Waals surface area (Å²) in [6.45, 7) is 9.17. The summed E-state index contributed by atoms with van der Waals surface area (Å²) in [5.41, 5.74) is 0.229. The second kappa shape index (κ2) is 8.89. The van der Waals surface area contributed by atoms with Gasteiger partial charge in [0.25, 0.3) is 0 Å². The minimum atomic E-state index is -0.463. The lowest BCUT2D eigenvalue weighted by atomic mass is 10.0. The van der Waals surface area contributed by atoms with Crippen LogP contribution in [0.5, 0.6) is 5.75 Å². The van der Waals surface area contributed by atoms with Gasteiger partial charge >= 0.3 is 6.09 Å². The van der Waals surface area contributed by atoms with Gasteiger partial charge in [0.05, 0.1) is 12.4 Å². The normalized spacial score (nSPS) is 23.9. The Morgan fingerprint density at radius 3 is 2.55 bits per heavy atom. The zero-order valence-corrected chi connectivity index (χ0v) is 17.8. The monoisotopic (exact) mass is 400 g/mol. The Labute approximate surface area is 173 Å². The highest BCUT2D eigenvalue weighted by Gasteiger charge is 2.44. The third-order valence-electron chi connectivity index (χ3n) is 5.28. The maximum absolute atomic E-state index is 12.3. The molecule has 29 heavy (non-hydrogen) atoms. The number of carbonyl (C=O) groups excluding carboxylic acids is 1. The molecule has 1 saturated heterocycles. The van der Waals surface area contributed by atoms with E-state index in [1.807, 2.05) is 62.9 Å². The molecular formula is C23H32N2O4. The standard InChI is InChI=1S/C23H32N2O4/c1-5-6-10-27-21(24)16-8-7-9-19(11-16)28-20-12-17-14-25(15-18(17)13-20)22(26)29-23(2,3)4/h6-11,17-18,20,24H,5,12-15H2,1-4H3/b10-6-,24-21?/t17-,18+,20?. The summed E-state index contributed by atoms with van der Waals surface area (Å²) in [6.07, 6.45) is 6.06. The van der Waals surface area contributed by atoms with Gasteiger partial charge in [0.15, 0.2) is 0 Å². The quantitative estimate of drug-likeness (QED) is 0.430. The van der Waals surface area contributed by atoms with Gasteiger partial charge in [0.1, 0.15) is 11.4 Å². The zero-order chi connectivity index (χ0) is 21.0. The van der Waals surface area contributed by atoms with E-state index in [-0.39, 0.29) is 18.1 Å². The van der Waals surface area contributed by atoms with Gasteiger partial charge < -0.3 is 19.1 Å². The fourth-order valence-electron chi connectivity index (χ4n) is 4.00. The Balaban J connectivity index is 1.52. The Kier molecular flexibility index (Phi) is 6.50. The summed E-state index contributed by atoms with van der Waals surface area (Å²) >= 11 is 0. The average molecular weight is 401 g/mol. The summed E-state index contributed by atoms with van der Waals surface area (Å²) in [5.74, 6) is 1.77. The molecule has 1 aliphatic heterocycles. The molecular weight excluding hydrogens is 368 g/mol. The van der Waals surface area contributed by atoms with Crippen molar-refractivity contribution in [3.8, 4) is 5.75 Å². The highest BCUT2D eigenvalue weighted by atomic mass is 16.6. The average Bonchev–Trinajstić information content (AvgIpc) is 3.19. The minimum absolute atomic E-state index is 0.108. The van der Waals surface area contributed by atoms with Crippen LogP contribution >= 0.6 is 0 Å². The van der Waals surface area contributed by atoms with E-state index in [9.17, 15) is 4.79 Å². The van der Waals surface area contributed by atoms with Crippen molar-refractivity contribution in [2.45, 2.75) is 58.7 Å². The molecule has 1 N–H and O–H groups in total. The van der Waals surface area contributed by atoms with Crippen molar-refractivity contribution in [1.82, 2.24) is 4.90 Å². The minimum Gasteiger partial charge on any atom is -0.490 e. The van der Waals surface area contributed by atoms with Crippen LogP contribution in [-0.2, 0) is 9.47 Å². The topological polar surface area (TPSA) is 71.9 Å². The van der Waals surface area contributed by atoms with Gasteiger partial charge in [-0.25, -0.2) is 4.79 Å². The maximum atomic E-state index is 12.3. The molecule has 1 saturated carbocycles. The molecule has 1 aromatic carbocycles. The molecule has 0 radical (unpaired) electrons. The van der Waals surface area contributed by atoms with Crippen LogP contribution < -0.4 is 4.74 Å².